The summed E-state index contributed by atoms with van der Waals surface area (Å²) in [5.41, 5.74) is -1.95. The molecule has 0 bridgehead atoms. The van der Waals surface area contributed by atoms with Crippen LogP contribution in [-0.2, 0) is 16.3 Å². The van der Waals surface area contributed by atoms with E-state index in [0.29, 0.717) is 0 Å². The van der Waals surface area contributed by atoms with Crippen LogP contribution in [0.3, 0.4) is 0 Å². The molecule has 0 aliphatic rings. The normalized spacial score (nSPS) is 12.7. The number of rotatable bonds is 3. The lowest BCUT2D eigenvalue weighted by atomic mass is 10.1. The van der Waals surface area contributed by atoms with E-state index in [0.717, 1.165) is 18.2 Å². The second-order valence-electron chi connectivity index (χ2n) is 5.48. The van der Waals surface area contributed by atoms with Crippen molar-refractivity contribution in [1.29, 1.82) is 0 Å². The highest BCUT2D eigenvalue weighted by molar-refractivity contribution is 7.86. The Labute approximate surface area is 151 Å². The first kappa shape index (κ1) is 18.8. The largest absolute Gasteiger partial charge is 0.505 e. The molecule has 0 heterocycles. The number of nitrogens with zero attached hydrogens (tertiary/aromatic N) is 2. The molecule has 2 N–H and O–H groups in total. The minimum atomic E-state index is -4.68. The van der Waals surface area contributed by atoms with E-state index in [1.54, 1.807) is 0 Å². The Bertz CT molecular complexity index is 1160. The number of azo groups is 1. The Hall–Kier alpha value is -2.98. The SMILES string of the molecule is O=S(=O)(O)c1cc(N=Nc2ccccc2C(F)(F)F)c(O)c2ccccc12. The maximum Gasteiger partial charge on any atom is 0.418 e. The molecule has 0 aromatic heterocycles. The lowest BCUT2D eigenvalue weighted by molar-refractivity contribution is -0.137. The maximum atomic E-state index is 13.0. The summed E-state index contributed by atoms with van der Waals surface area (Å²) < 4.78 is 71.7. The van der Waals surface area contributed by atoms with Gasteiger partial charge >= 0.3 is 6.18 Å². The topological polar surface area (TPSA) is 99.3 Å². The summed E-state index contributed by atoms with van der Waals surface area (Å²) in [5.74, 6) is -0.480. The predicted octanol–water partition coefficient (Wildman–Crippen LogP) is 5.23. The third-order valence-electron chi connectivity index (χ3n) is 3.71. The number of alkyl halides is 3. The van der Waals surface area contributed by atoms with Gasteiger partial charge in [0.25, 0.3) is 10.1 Å². The number of halogens is 3. The molecule has 10 heteroatoms. The highest BCUT2D eigenvalue weighted by Crippen LogP contribution is 2.41. The van der Waals surface area contributed by atoms with Crippen LogP contribution in [0.1, 0.15) is 5.56 Å². The number of hydrogen-bond donors (Lipinski definition) is 2. The standard InChI is InChI=1S/C17H11F3N2O4S/c18-17(19,20)12-7-3-4-8-13(12)21-22-14-9-15(27(24,25)26)10-5-1-2-6-11(10)16(14)23/h1-9,23H,(H,24,25,26). The van der Waals surface area contributed by atoms with Crippen LogP contribution in [-0.4, -0.2) is 18.1 Å². The van der Waals surface area contributed by atoms with Crippen LogP contribution in [0.2, 0.25) is 0 Å². The third-order valence-corrected chi connectivity index (χ3v) is 4.60. The van der Waals surface area contributed by atoms with Crippen molar-refractivity contribution in [2.45, 2.75) is 11.1 Å². The first-order valence-corrected chi connectivity index (χ1v) is 8.83. The van der Waals surface area contributed by atoms with Crippen molar-refractivity contribution in [3.63, 3.8) is 0 Å². The van der Waals surface area contributed by atoms with Gasteiger partial charge in [-0.25, -0.2) is 0 Å². The van der Waals surface area contributed by atoms with Gasteiger partial charge in [-0.1, -0.05) is 36.4 Å². The van der Waals surface area contributed by atoms with E-state index < -0.39 is 43.9 Å². The van der Waals surface area contributed by atoms with Gasteiger partial charge in [0.2, 0.25) is 0 Å². The highest BCUT2D eigenvalue weighted by atomic mass is 32.2. The smallest absolute Gasteiger partial charge is 0.418 e. The zero-order valence-corrected chi connectivity index (χ0v) is 14.2. The Morgan fingerprint density at radius 3 is 2.04 bits per heavy atom. The van der Waals surface area contributed by atoms with Crippen molar-refractivity contribution < 1.29 is 31.2 Å². The number of aromatic hydroxyl groups is 1. The lowest BCUT2D eigenvalue weighted by Gasteiger charge is -2.10. The van der Waals surface area contributed by atoms with Crippen LogP contribution in [0, 0.1) is 0 Å². The number of hydrogen-bond acceptors (Lipinski definition) is 5. The summed E-state index contributed by atoms with van der Waals surface area (Å²) >= 11 is 0. The minimum absolute atomic E-state index is 0.0344. The van der Waals surface area contributed by atoms with Crippen molar-refractivity contribution >= 4 is 32.3 Å². The molecular formula is C17H11F3N2O4S. The molecule has 3 aromatic carbocycles. The van der Waals surface area contributed by atoms with Gasteiger partial charge in [-0.2, -0.15) is 21.6 Å². The number of fused-ring (bicyclic) bond motifs is 1. The van der Waals surface area contributed by atoms with Gasteiger partial charge in [-0.15, -0.1) is 10.2 Å². The highest BCUT2D eigenvalue weighted by Gasteiger charge is 2.33. The number of benzene rings is 3. The second-order valence-corrected chi connectivity index (χ2v) is 6.87. The molecule has 0 radical (unpaired) electrons. The average molecular weight is 396 g/mol. The van der Waals surface area contributed by atoms with Gasteiger partial charge in [0.15, 0.2) is 5.75 Å². The molecule has 140 valence electrons. The Balaban J connectivity index is 2.20. The first-order valence-electron chi connectivity index (χ1n) is 7.39. The fraction of sp³-hybridized carbons (Fsp3) is 0.0588. The molecule has 27 heavy (non-hydrogen) atoms. The van der Waals surface area contributed by atoms with Crippen molar-refractivity contribution in [2.24, 2.45) is 10.2 Å². The third kappa shape index (κ3) is 3.76. The summed E-state index contributed by atoms with van der Waals surface area (Å²) in [7, 11) is -4.68. The van der Waals surface area contributed by atoms with Crippen LogP contribution < -0.4 is 0 Å². The molecule has 0 saturated heterocycles. The monoisotopic (exact) mass is 396 g/mol. The Morgan fingerprint density at radius 2 is 1.41 bits per heavy atom. The van der Waals surface area contributed by atoms with E-state index in [1.165, 1.54) is 36.4 Å². The quantitative estimate of drug-likeness (QED) is 0.468. The molecule has 0 amide bonds. The van der Waals surface area contributed by atoms with E-state index >= 15 is 0 Å². The van der Waals surface area contributed by atoms with Crippen LogP contribution in [0.4, 0.5) is 24.5 Å². The predicted molar refractivity (Wildman–Crippen MR) is 91.0 cm³/mol. The van der Waals surface area contributed by atoms with E-state index in [4.69, 9.17) is 0 Å². The van der Waals surface area contributed by atoms with Gasteiger partial charge in [-0.05, 0) is 18.2 Å². The van der Waals surface area contributed by atoms with Gasteiger partial charge in [0.1, 0.15) is 10.6 Å². The zero-order valence-electron chi connectivity index (χ0n) is 13.3. The summed E-state index contributed by atoms with van der Waals surface area (Å²) in [4.78, 5) is -0.547. The van der Waals surface area contributed by atoms with Crippen molar-refractivity contribution in [1.82, 2.24) is 0 Å². The molecule has 6 nitrogen and oxygen atoms in total. The Morgan fingerprint density at radius 1 is 0.852 bits per heavy atom. The molecule has 0 atom stereocenters. The molecule has 0 spiro atoms. The summed E-state index contributed by atoms with van der Waals surface area (Å²) in [6, 6.07) is 11.0. The molecule has 0 fully saturated rings. The van der Waals surface area contributed by atoms with Crippen molar-refractivity contribution in [3.05, 3.63) is 60.2 Å². The zero-order chi connectivity index (χ0) is 19.8. The summed E-state index contributed by atoms with van der Waals surface area (Å²) in [5, 5.41) is 17.5. The van der Waals surface area contributed by atoms with Gasteiger partial charge in [0.05, 0.1) is 11.3 Å². The molecule has 0 aliphatic carbocycles. The van der Waals surface area contributed by atoms with E-state index in [9.17, 15) is 31.2 Å². The molecule has 0 saturated carbocycles. The molecular weight excluding hydrogens is 385 g/mol. The lowest BCUT2D eigenvalue weighted by Crippen LogP contribution is -2.04. The molecule has 0 aliphatic heterocycles. The van der Waals surface area contributed by atoms with Gasteiger partial charge in [0, 0.05) is 10.8 Å². The van der Waals surface area contributed by atoms with Crippen molar-refractivity contribution in [3.8, 4) is 5.75 Å². The fourth-order valence-electron chi connectivity index (χ4n) is 2.51. The van der Waals surface area contributed by atoms with Gasteiger partial charge < -0.3 is 5.11 Å². The second kappa shape index (κ2) is 6.63. The molecule has 3 aromatic rings. The Kier molecular flexibility index (Phi) is 4.62. The summed E-state index contributed by atoms with van der Waals surface area (Å²) in [6.45, 7) is 0. The summed E-state index contributed by atoms with van der Waals surface area (Å²) in [6.07, 6.45) is -4.67. The van der Waals surface area contributed by atoms with Crippen LogP contribution >= 0.6 is 0 Å². The van der Waals surface area contributed by atoms with E-state index in [2.05, 4.69) is 10.2 Å². The molecule has 3 rings (SSSR count). The van der Waals surface area contributed by atoms with Crippen LogP contribution in [0.15, 0.2) is 69.7 Å². The van der Waals surface area contributed by atoms with Crippen LogP contribution in [0.25, 0.3) is 10.8 Å². The van der Waals surface area contributed by atoms with Crippen LogP contribution in [0.5, 0.6) is 5.75 Å². The maximum absolute atomic E-state index is 13.0. The molecule has 0 unspecified atom stereocenters. The van der Waals surface area contributed by atoms with Crippen molar-refractivity contribution in [2.75, 3.05) is 0 Å². The first-order chi connectivity index (χ1) is 12.6. The average Bonchev–Trinajstić information content (AvgIpc) is 2.60. The van der Waals surface area contributed by atoms with E-state index in [-0.39, 0.29) is 10.8 Å². The number of phenols is 1. The van der Waals surface area contributed by atoms with E-state index in [1.807, 2.05) is 0 Å². The van der Waals surface area contributed by atoms with Gasteiger partial charge in [-0.3, -0.25) is 4.55 Å². The minimum Gasteiger partial charge on any atom is -0.505 e. The fourth-order valence-corrected chi connectivity index (χ4v) is 3.23. The number of phenolic OH excluding ortho intramolecular Hbond substituents is 1.